The molecule has 0 fully saturated rings. The summed E-state index contributed by atoms with van der Waals surface area (Å²) in [4.78, 5) is 0. The van der Waals surface area contributed by atoms with Crippen molar-refractivity contribution in [2.75, 3.05) is 0 Å². The minimum absolute atomic E-state index is 0.0730. The Labute approximate surface area is 89.6 Å². The molecule has 15 heavy (non-hydrogen) atoms. The Morgan fingerprint density at radius 3 is 2.60 bits per heavy atom. The van der Waals surface area contributed by atoms with Gasteiger partial charge in [-0.2, -0.15) is 0 Å². The second-order valence-corrected chi connectivity index (χ2v) is 3.76. The zero-order valence-electron chi connectivity index (χ0n) is 9.35. The predicted octanol–water partition coefficient (Wildman–Crippen LogP) is 4.61. The molecule has 0 N–H and O–H groups in total. The molecule has 0 aliphatic carbocycles. The van der Waals surface area contributed by atoms with Crippen LogP contribution >= 0.6 is 0 Å². The fraction of sp³-hybridized carbons (Fsp3) is 0.385. The maximum atomic E-state index is 13.1. The molecule has 0 aromatic heterocycles. The lowest BCUT2D eigenvalue weighted by atomic mass is 10.0. The normalized spacial score (nSPS) is 13.0. The van der Waals surface area contributed by atoms with Gasteiger partial charge in [0, 0.05) is 12.5 Å². The van der Waals surface area contributed by atoms with E-state index in [9.17, 15) is 8.78 Å². The van der Waals surface area contributed by atoms with Crippen molar-refractivity contribution in [2.24, 2.45) is 0 Å². The molecule has 0 atom stereocenters. The first-order valence-corrected chi connectivity index (χ1v) is 5.10. The van der Waals surface area contributed by atoms with Crippen molar-refractivity contribution >= 4 is 5.57 Å². The van der Waals surface area contributed by atoms with Crippen LogP contribution in [-0.2, 0) is 5.92 Å². The zero-order valence-corrected chi connectivity index (χ0v) is 9.35. The van der Waals surface area contributed by atoms with E-state index in [1.54, 1.807) is 12.1 Å². The monoisotopic (exact) mass is 210 g/mol. The topological polar surface area (TPSA) is 0 Å². The van der Waals surface area contributed by atoms with Crippen LogP contribution in [0.5, 0.6) is 0 Å². The summed E-state index contributed by atoms with van der Waals surface area (Å²) < 4.78 is 26.1. The van der Waals surface area contributed by atoms with Gasteiger partial charge in [-0.25, -0.2) is 8.78 Å². The third-order valence-corrected chi connectivity index (χ3v) is 2.34. The number of hydrogen-bond acceptors (Lipinski definition) is 0. The molecule has 0 radical (unpaired) electrons. The summed E-state index contributed by atoms with van der Waals surface area (Å²) in [5, 5.41) is 0. The summed E-state index contributed by atoms with van der Waals surface area (Å²) >= 11 is 0. The Morgan fingerprint density at radius 2 is 2.07 bits per heavy atom. The molecular weight excluding hydrogens is 194 g/mol. The van der Waals surface area contributed by atoms with Gasteiger partial charge >= 0.3 is 0 Å². The molecular formula is C13H16F2. The fourth-order valence-electron chi connectivity index (χ4n) is 1.46. The molecule has 0 unspecified atom stereocenters. The van der Waals surface area contributed by atoms with E-state index in [4.69, 9.17) is 0 Å². The zero-order chi connectivity index (χ0) is 11.5. The van der Waals surface area contributed by atoms with Crippen molar-refractivity contribution in [1.29, 1.82) is 0 Å². The third kappa shape index (κ3) is 3.15. The minimum atomic E-state index is -2.76. The van der Waals surface area contributed by atoms with Crippen LogP contribution in [0.1, 0.15) is 38.3 Å². The summed E-state index contributed by atoms with van der Waals surface area (Å²) in [5.41, 5.74) is 1.99. The Morgan fingerprint density at radius 1 is 1.40 bits per heavy atom. The van der Waals surface area contributed by atoms with Gasteiger partial charge in [-0.3, -0.25) is 0 Å². The van der Waals surface area contributed by atoms with E-state index in [0.29, 0.717) is 0 Å². The van der Waals surface area contributed by atoms with Crippen molar-refractivity contribution in [1.82, 2.24) is 0 Å². The molecule has 0 spiro atoms. The van der Waals surface area contributed by atoms with E-state index in [2.05, 4.69) is 0 Å². The number of rotatable bonds is 3. The van der Waals surface area contributed by atoms with E-state index < -0.39 is 5.92 Å². The molecule has 0 aliphatic heterocycles. The van der Waals surface area contributed by atoms with Gasteiger partial charge in [0.25, 0.3) is 5.92 Å². The van der Waals surface area contributed by atoms with Crippen LogP contribution in [0.2, 0.25) is 0 Å². The Kier molecular flexibility index (Phi) is 3.61. The number of benzene rings is 1. The quantitative estimate of drug-likeness (QED) is 0.683. The SMILES string of the molecule is CC/C=C(\C)c1cccc(C(C)(F)F)c1. The number of halogens is 2. The lowest BCUT2D eigenvalue weighted by Gasteiger charge is -2.12. The van der Waals surface area contributed by atoms with Crippen molar-refractivity contribution in [3.8, 4) is 0 Å². The number of allylic oxidation sites excluding steroid dienone is 2. The van der Waals surface area contributed by atoms with Crippen molar-refractivity contribution in [3.05, 3.63) is 41.5 Å². The first-order chi connectivity index (χ1) is 6.95. The van der Waals surface area contributed by atoms with Crippen molar-refractivity contribution in [3.63, 3.8) is 0 Å². The molecule has 0 aliphatic rings. The maximum absolute atomic E-state index is 13.1. The smallest absolute Gasteiger partial charge is 0.202 e. The lowest BCUT2D eigenvalue weighted by molar-refractivity contribution is 0.0174. The molecule has 1 rings (SSSR count). The van der Waals surface area contributed by atoms with Gasteiger partial charge in [0.1, 0.15) is 0 Å². The Balaban J connectivity index is 3.08. The van der Waals surface area contributed by atoms with Crippen LogP contribution in [0.15, 0.2) is 30.3 Å². The van der Waals surface area contributed by atoms with Gasteiger partial charge in [-0.15, -0.1) is 0 Å². The van der Waals surface area contributed by atoms with Gasteiger partial charge < -0.3 is 0 Å². The van der Waals surface area contributed by atoms with Crippen LogP contribution in [0, 0.1) is 0 Å². The summed E-state index contributed by atoms with van der Waals surface area (Å²) in [6, 6.07) is 6.55. The van der Waals surface area contributed by atoms with Crippen LogP contribution in [-0.4, -0.2) is 0 Å². The summed E-state index contributed by atoms with van der Waals surface area (Å²) in [7, 11) is 0. The van der Waals surface area contributed by atoms with E-state index in [0.717, 1.165) is 24.5 Å². The highest BCUT2D eigenvalue weighted by atomic mass is 19.3. The number of hydrogen-bond donors (Lipinski definition) is 0. The first kappa shape index (κ1) is 11.9. The van der Waals surface area contributed by atoms with Gasteiger partial charge in [0.05, 0.1) is 0 Å². The van der Waals surface area contributed by atoms with Crippen LogP contribution in [0.3, 0.4) is 0 Å². The first-order valence-electron chi connectivity index (χ1n) is 5.10. The average molecular weight is 210 g/mol. The van der Waals surface area contributed by atoms with Crippen LogP contribution in [0.25, 0.3) is 5.57 Å². The highest BCUT2D eigenvalue weighted by Gasteiger charge is 2.24. The molecule has 1 aromatic rings. The molecule has 0 heterocycles. The highest BCUT2D eigenvalue weighted by Crippen LogP contribution is 2.28. The van der Waals surface area contributed by atoms with E-state index in [1.807, 2.05) is 26.0 Å². The Bertz CT molecular complexity index is 359. The van der Waals surface area contributed by atoms with Gasteiger partial charge in [0.2, 0.25) is 0 Å². The Hall–Kier alpha value is -1.18. The van der Waals surface area contributed by atoms with E-state index in [-0.39, 0.29) is 5.56 Å². The second-order valence-electron chi connectivity index (χ2n) is 3.76. The lowest BCUT2D eigenvalue weighted by Crippen LogP contribution is -2.06. The van der Waals surface area contributed by atoms with Crippen molar-refractivity contribution in [2.45, 2.75) is 33.1 Å². The number of alkyl halides is 2. The van der Waals surface area contributed by atoms with Gasteiger partial charge in [0.15, 0.2) is 0 Å². The van der Waals surface area contributed by atoms with E-state index >= 15 is 0 Å². The second kappa shape index (κ2) is 4.56. The molecule has 1 aromatic carbocycles. The minimum Gasteiger partial charge on any atom is -0.202 e. The van der Waals surface area contributed by atoms with Gasteiger partial charge in [-0.1, -0.05) is 31.2 Å². The largest absolute Gasteiger partial charge is 0.270 e. The van der Waals surface area contributed by atoms with Crippen LogP contribution < -0.4 is 0 Å². The van der Waals surface area contributed by atoms with E-state index in [1.165, 1.54) is 6.07 Å². The summed E-state index contributed by atoms with van der Waals surface area (Å²) in [6.07, 6.45) is 2.95. The molecule has 0 nitrogen and oxygen atoms in total. The molecule has 0 amide bonds. The van der Waals surface area contributed by atoms with Crippen molar-refractivity contribution < 1.29 is 8.78 Å². The third-order valence-electron chi connectivity index (χ3n) is 2.34. The fourth-order valence-corrected chi connectivity index (χ4v) is 1.46. The highest BCUT2D eigenvalue weighted by molar-refractivity contribution is 5.64. The summed E-state index contributed by atoms with van der Waals surface area (Å²) in [6.45, 7) is 4.89. The molecule has 0 saturated heterocycles. The predicted molar refractivity (Wildman–Crippen MR) is 60.0 cm³/mol. The summed E-state index contributed by atoms with van der Waals surface area (Å²) in [5.74, 6) is -2.76. The molecule has 0 saturated carbocycles. The maximum Gasteiger partial charge on any atom is 0.270 e. The standard InChI is InChI=1S/C13H16F2/c1-4-6-10(2)11-7-5-8-12(9-11)13(3,14)15/h5-9H,4H2,1-3H3/b10-6+. The van der Waals surface area contributed by atoms with Crippen LogP contribution in [0.4, 0.5) is 8.78 Å². The average Bonchev–Trinajstić information content (AvgIpc) is 2.17. The molecule has 0 bridgehead atoms. The molecule has 82 valence electrons. The van der Waals surface area contributed by atoms with Gasteiger partial charge in [-0.05, 0) is 30.5 Å². The molecule has 2 heteroatoms.